The second-order valence-corrected chi connectivity index (χ2v) is 7.75. The van der Waals surface area contributed by atoms with Crippen molar-refractivity contribution in [3.8, 4) is 11.5 Å². The first-order valence-electron chi connectivity index (χ1n) is 11.0. The Morgan fingerprint density at radius 3 is 2.35 bits per heavy atom. The van der Waals surface area contributed by atoms with E-state index in [0.717, 1.165) is 49.8 Å². The molecule has 164 valence electrons. The van der Waals surface area contributed by atoms with E-state index in [9.17, 15) is 9.59 Å². The van der Waals surface area contributed by atoms with E-state index in [0.29, 0.717) is 17.9 Å². The number of hydrogen-bond acceptors (Lipinski definition) is 5. The summed E-state index contributed by atoms with van der Waals surface area (Å²) in [6.45, 7) is 2.78. The van der Waals surface area contributed by atoms with Gasteiger partial charge in [-0.05, 0) is 73.4 Å². The Hall–Kier alpha value is -3.15. The molecule has 1 aliphatic carbocycles. The van der Waals surface area contributed by atoms with Gasteiger partial charge in [-0.15, -0.1) is 0 Å². The number of rotatable bonds is 9. The van der Waals surface area contributed by atoms with Gasteiger partial charge in [0.25, 0.3) is 0 Å². The van der Waals surface area contributed by atoms with E-state index in [-0.39, 0.29) is 11.8 Å². The number of benzene rings is 2. The normalized spacial score (nSPS) is 14.4. The highest BCUT2D eigenvalue weighted by Crippen LogP contribution is 2.23. The standard InChI is InChI=1S/C25H30N2O4/c1-2-3-17-30-22-15-11-21(12-16-22)25(29)31-23-13-9-19(10-14-23)18-26-27-24(28)20-7-5-4-6-8-20/h9-16,18,20H,2-8,17H2,1H3,(H,27,28). The van der Waals surface area contributed by atoms with Crippen LogP contribution >= 0.6 is 0 Å². The van der Waals surface area contributed by atoms with Crippen molar-refractivity contribution in [1.29, 1.82) is 0 Å². The minimum Gasteiger partial charge on any atom is -0.494 e. The van der Waals surface area contributed by atoms with Gasteiger partial charge in [-0.2, -0.15) is 5.10 Å². The molecule has 1 saturated carbocycles. The SMILES string of the molecule is CCCCOc1ccc(C(=O)Oc2ccc(C=NNC(=O)C3CCCCC3)cc2)cc1. The molecule has 0 aromatic heterocycles. The van der Waals surface area contributed by atoms with Crippen LogP contribution in [0.25, 0.3) is 0 Å². The fourth-order valence-electron chi connectivity index (χ4n) is 3.44. The molecule has 1 N–H and O–H groups in total. The van der Waals surface area contributed by atoms with Crippen LogP contribution in [0.15, 0.2) is 53.6 Å². The van der Waals surface area contributed by atoms with E-state index in [1.807, 2.05) is 0 Å². The third-order valence-electron chi connectivity index (χ3n) is 5.31. The summed E-state index contributed by atoms with van der Waals surface area (Å²) in [7, 11) is 0. The van der Waals surface area contributed by atoms with Gasteiger partial charge in [0, 0.05) is 5.92 Å². The van der Waals surface area contributed by atoms with Gasteiger partial charge >= 0.3 is 5.97 Å². The van der Waals surface area contributed by atoms with Crippen molar-refractivity contribution in [3.63, 3.8) is 0 Å². The Morgan fingerprint density at radius 2 is 1.68 bits per heavy atom. The molecule has 0 aliphatic heterocycles. The Morgan fingerprint density at radius 1 is 1.00 bits per heavy atom. The van der Waals surface area contributed by atoms with E-state index in [1.54, 1.807) is 54.7 Å². The van der Waals surface area contributed by atoms with E-state index in [4.69, 9.17) is 9.47 Å². The monoisotopic (exact) mass is 422 g/mol. The van der Waals surface area contributed by atoms with Crippen LogP contribution in [0.5, 0.6) is 11.5 Å². The highest BCUT2D eigenvalue weighted by atomic mass is 16.5. The molecule has 2 aromatic rings. The van der Waals surface area contributed by atoms with Crippen molar-refractivity contribution in [2.45, 2.75) is 51.9 Å². The van der Waals surface area contributed by atoms with Crippen LogP contribution in [0.3, 0.4) is 0 Å². The first kappa shape index (κ1) is 22.5. The van der Waals surface area contributed by atoms with Gasteiger partial charge in [0.1, 0.15) is 11.5 Å². The van der Waals surface area contributed by atoms with Crippen LogP contribution in [0.1, 0.15) is 67.8 Å². The number of nitrogens with one attached hydrogen (secondary N) is 1. The Bertz CT molecular complexity index is 869. The van der Waals surface area contributed by atoms with E-state index < -0.39 is 5.97 Å². The van der Waals surface area contributed by atoms with Crippen molar-refractivity contribution in [3.05, 3.63) is 59.7 Å². The lowest BCUT2D eigenvalue weighted by Crippen LogP contribution is -2.28. The molecule has 31 heavy (non-hydrogen) atoms. The van der Waals surface area contributed by atoms with Gasteiger partial charge in [-0.3, -0.25) is 4.79 Å². The maximum absolute atomic E-state index is 12.3. The molecule has 0 radical (unpaired) electrons. The number of ether oxygens (including phenoxy) is 2. The third kappa shape index (κ3) is 7.24. The van der Waals surface area contributed by atoms with Crippen LogP contribution in [-0.2, 0) is 4.79 Å². The number of hydrazone groups is 1. The molecule has 1 amide bonds. The van der Waals surface area contributed by atoms with Crippen molar-refractivity contribution < 1.29 is 19.1 Å². The molecule has 6 nitrogen and oxygen atoms in total. The molecule has 0 saturated heterocycles. The van der Waals surface area contributed by atoms with E-state index >= 15 is 0 Å². The lowest BCUT2D eigenvalue weighted by atomic mass is 9.89. The first-order chi connectivity index (χ1) is 15.2. The second kappa shape index (κ2) is 11.9. The zero-order valence-corrected chi connectivity index (χ0v) is 18.0. The van der Waals surface area contributed by atoms with Crippen LogP contribution in [0.2, 0.25) is 0 Å². The van der Waals surface area contributed by atoms with Crippen molar-refractivity contribution in [2.75, 3.05) is 6.61 Å². The summed E-state index contributed by atoms with van der Waals surface area (Å²) < 4.78 is 11.0. The topological polar surface area (TPSA) is 77.0 Å². The molecule has 1 fully saturated rings. The minimum atomic E-state index is -0.429. The average Bonchev–Trinajstić information content (AvgIpc) is 2.81. The van der Waals surface area contributed by atoms with E-state index in [2.05, 4.69) is 17.5 Å². The molecule has 1 aliphatic rings. The highest BCUT2D eigenvalue weighted by molar-refractivity contribution is 5.91. The molecular weight excluding hydrogens is 392 g/mol. The van der Waals surface area contributed by atoms with Crippen molar-refractivity contribution in [1.82, 2.24) is 5.43 Å². The van der Waals surface area contributed by atoms with Gasteiger partial charge in [0.05, 0.1) is 18.4 Å². The summed E-state index contributed by atoms with van der Waals surface area (Å²) in [5.41, 5.74) is 3.88. The Kier molecular flexibility index (Phi) is 8.64. The molecule has 0 spiro atoms. The smallest absolute Gasteiger partial charge is 0.343 e. The summed E-state index contributed by atoms with van der Waals surface area (Å²) >= 11 is 0. The quantitative estimate of drug-likeness (QED) is 0.200. The average molecular weight is 423 g/mol. The third-order valence-corrected chi connectivity index (χ3v) is 5.31. The van der Waals surface area contributed by atoms with E-state index in [1.165, 1.54) is 6.42 Å². The largest absolute Gasteiger partial charge is 0.494 e. The summed E-state index contributed by atoms with van der Waals surface area (Å²) in [6, 6.07) is 13.9. The zero-order valence-electron chi connectivity index (χ0n) is 18.0. The number of hydrogen-bond donors (Lipinski definition) is 1. The number of carbonyl (C=O) groups is 2. The van der Waals surface area contributed by atoms with Crippen LogP contribution < -0.4 is 14.9 Å². The lowest BCUT2D eigenvalue weighted by molar-refractivity contribution is -0.125. The molecule has 0 bridgehead atoms. The summed E-state index contributed by atoms with van der Waals surface area (Å²) in [5, 5.41) is 4.05. The fourth-order valence-corrected chi connectivity index (χ4v) is 3.44. The molecule has 0 atom stereocenters. The number of amides is 1. The highest BCUT2D eigenvalue weighted by Gasteiger charge is 2.20. The molecule has 0 heterocycles. The molecule has 6 heteroatoms. The number of nitrogens with zero attached hydrogens (tertiary/aromatic N) is 1. The number of esters is 1. The van der Waals surface area contributed by atoms with Gasteiger partial charge < -0.3 is 9.47 Å². The van der Waals surface area contributed by atoms with Gasteiger partial charge in [-0.1, -0.05) is 32.6 Å². The van der Waals surface area contributed by atoms with Gasteiger partial charge in [0.15, 0.2) is 0 Å². The maximum Gasteiger partial charge on any atom is 0.343 e. The second-order valence-electron chi connectivity index (χ2n) is 7.75. The van der Waals surface area contributed by atoms with Crippen LogP contribution in [-0.4, -0.2) is 24.7 Å². The predicted octanol–water partition coefficient (Wildman–Crippen LogP) is 5.12. The fraction of sp³-hybridized carbons (Fsp3) is 0.400. The Labute approximate surface area is 183 Å². The number of carbonyl (C=O) groups excluding carboxylic acids is 2. The van der Waals surface area contributed by atoms with Crippen LogP contribution in [0, 0.1) is 5.92 Å². The Balaban J connectivity index is 1.47. The van der Waals surface area contributed by atoms with Crippen molar-refractivity contribution >= 4 is 18.1 Å². The first-order valence-corrected chi connectivity index (χ1v) is 11.0. The van der Waals surface area contributed by atoms with Gasteiger partial charge in [0.2, 0.25) is 5.91 Å². The maximum atomic E-state index is 12.3. The number of unbranched alkanes of at least 4 members (excludes halogenated alkanes) is 1. The summed E-state index contributed by atoms with van der Waals surface area (Å²) in [5.74, 6) is 0.815. The van der Waals surface area contributed by atoms with Crippen molar-refractivity contribution in [2.24, 2.45) is 11.0 Å². The molecule has 0 unspecified atom stereocenters. The molecular formula is C25H30N2O4. The molecule has 3 rings (SSSR count). The zero-order chi connectivity index (χ0) is 21.9. The summed E-state index contributed by atoms with van der Waals surface area (Å²) in [4.78, 5) is 24.4. The molecule has 2 aromatic carbocycles. The van der Waals surface area contributed by atoms with Gasteiger partial charge in [-0.25, -0.2) is 10.2 Å². The van der Waals surface area contributed by atoms with Crippen LogP contribution in [0.4, 0.5) is 0 Å². The summed E-state index contributed by atoms with van der Waals surface area (Å²) in [6.07, 6.45) is 8.97. The lowest BCUT2D eigenvalue weighted by Gasteiger charge is -2.19. The minimum absolute atomic E-state index is 0.0108. The predicted molar refractivity (Wildman–Crippen MR) is 121 cm³/mol.